The van der Waals surface area contributed by atoms with E-state index in [0.717, 1.165) is 25.9 Å². The second kappa shape index (κ2) is 5.40. The van der Waals surface area contributed by atoms with Gasteiger partial charge in [-0.15, -0.1) is 6.58 Å². The van der Waals surface area contributed by atoms with Crippen LogP contribution in [0.4, 0.5) is 0 Å². The Kier molecular flexibility index (Phi) is 4.46. The maximum Gasteiger partial charge on any atom is 0.0586 e. The van der Waals surface area contributed by atoms with Crippen molar-refractivity contribution in [1.82, 2.24) is 4.90 Å². The minimum absolute atomic E-state index is 0.316. The summed E-state index contributed by atoms with van der Waals surface area (Å²) in [5, 5.41) is 9.16. The third-order valence-corrected chi connectivity index (χ3v) is 2.79. The van der Waals surface area contributed by atoms with E-state index in [2.05, 4.69) is 18.4 Å². The van der Waals surface area contributed by atoms with Crippen molar-refractivity contribution in [1.29, 1.82) is 0 Å². The van der Waals surface area contributed by atoms with Gasteiger partial charge in [0, 0.05) is 12.6 Å². The zero-order chi connectivity index (χ0) is 9.68. The second-order valence-electron chi connectivity index (χ2n) is 4.08. The van der Waals surface area contributed by atoms with Crippen LogP contribution in [0, 0.1) is 0 Å². The molecule has 13 heavy (non-hydrogen) atoms. The summed E-state index contributed by atoms with van der Waals surface area (Å²) in [6, 6.07) is 0.410. The molecule has 1 aliphatic rings. The average molecular weight is 183 g/mol. The van der Waals surface area contributed by atoms with Crippen molar-refractivity contribution in [2.75, 3.05) is 19.7 Å². The van der Waals surface area contributed by atoms with Crippen LogP contribution in [0.15, 0.2) is 12.2 Å². The topological polar surface area (TPSA) is 23.5 Å². The highest BCUT2D eigenvalue weighted by Crippen LogP contribution is 2.17. The fraction of sp³-hybridized carbons (Fsp3) is 0.818. The van der Waals surface area contributed by atoms with Crippen LogP contribution < -0.4 is 0 Å². The van der Waals surface area contributed by atoms with Gasteiger partial charge in [-0.3, -0.25) is 4.90 Å². The molecular weight excluding hydrogens is 162 g/mol. The fourth-order valence-electron chi connectivity index (χ4n) is 1.90. The Balaban J connectivity index is 2.31. The van der Waals surface area contributed by atoms with E-state index in [-0.39, 0.29) is 0 Å². The van der Waals surface area contributed by atoms with E-state index in [1.165, 1.54) is 18.4 Å². The van der Waals surface area contributed by atoms with Crippen LogP contribution >= 0.6 is 0 Å². The van der Waals surface area contributed by atoms with E-state index in [0.29, 0.717) is 12.6 Å². The SMILES string of the molecule is C=C(C)CCN1CCCCC1CO. The molecule has 1 aliphatic heterocycles. The third kappa shape index (κ3) is 3.49. The van der Waals surface area contributed by atoms with Crippen LogP contribution in [0.25, 0.3) is 0 Å². The summed E-state index contributed by atoms with van der Waals surface area (Å²) in [4.78, 5) is 2.40. The molecule has 0 bridgehead atoms. The van der Waals surface area contributed by atoms with Crippen molar-refractivity contribution in [3.05, 3.63) is 12.2 Å². The molecule has 2 nitrogen and oxygen atoms in total. The maximum absolute atomic E-state index is 9.16. The highest BCUT2D eigenvalue weighted by molar-refractivity contribution is 4.90. The van der Waals surface area contributed by atoms with Crippen molar-refractivity contribution in [2.24, 2.45) is 0 Å². The number of aliphatic hydroxyl groups excluding tert-OH is 1. The largest absolute Gasteiger partial charge is 0.395 e. The number of hydrogen-bond acceptors (Lipinski definition) is 2. The smallest absolute Gasteiger partial charge is 0.0586 e. The van der Waals surface area contributed by atoms with E-state index >= 15 is 0 Å². The summed E-state index contributed by atoms with van der Waals surface area (Å²) in [5.74, 6) is 0. The molecule has 1 fully saturated rings. The van der Waals surface area contributed by atoms with Crippen molar-refractivity contribution < 1.29 is 5.11 Å². The Morgan fingerprint density at radius 1 is 1.54 bits per heavy atom. The normalized spacial score (nSPS) is 24.6. The Morgan fingerprint density at radius 2 is 2.31 bits per heavy atom. The Labute approximate surface area is 81.2 Å². The van der Waals surface area contributed by atoms with Gasteiger partial charge in [0.05, 0.1) is 6.61 Å². The van der Waals surface area contributed by atoms with Crippen molar-refractivity contribution in [3.63, 3.8) is 0 Å². The van der Waals surface area contributed by atoms with Crippen LogP contribution in [0.1, 0.15) is 32.6 Å². The zero-order valence-corrected chi connectivity index (χ0v) is 8.63. The van der Waals surface area contributed by atoms with Gasteiger partial charge in [0.1, 0.15) is 0 Å². The van der Waals surface area contributed by atoms with Gasteiger partial charge in [0.25, 0.3) is 0 Å². The molecule has 1 unspecified atom stereocenters. The number of hydrogen-bond donors (Lipinski definition) is 1. The summed E-state index contributed by atoms with van der Waals surface area (Å²) in [6.45, 7) is 8.51. The number of rotatable bonds is 4. The predicted octanol–water partition coefficient (Wildman–Crippen LogP) is 1.80. The summed E-state index contributed by atoms with van der Waals surface area (Å²) in [6.07, 6.45) is 4.78. The lowest BCUT2D eigenvalue weighted by Crippen LogP contribution is -2.42. The molecule has 0 spiro atoms. The average Bonchev–Trinajstić information content (AvgIpc) is 2.15. The quantitative estimate of drug-likeness (QED) is 0.672. The van der Waals surface area contributed by atoms with Gasteiger partial charge in [-0.2, -0.15) is 0 Å². The van der Waals surface area contributed by atoms with E-state index in [1.807, 2.05) is 0 Å². The van der Waals surface area contributed by atoms with E-state index in [4.69, 9.17) is 5.11 Å². The van der Waals surface area contributed by atoms with Gasteiger partial charge >= 0.3 is 0 Å². The Morgan fingerprint density at radius 3 is 2.92 bits per heavy atom. The fourth-order valence-corrected chi connectivity index (χ4v) is 1.90. The minimum atomic E-state index is 0.316. The molecule has 1 rings (SSSR count). The van der Waals surface area contributed by atoms with Crippen LogP contribution in [0.2, 0.25) is 0 Å². The molecule has 0 amide bonds. The number of aliphatic hydroxyl groups is 1. The van der Waals surface area contributed by atoms with Crippen LogP contribution in [0.5, 0.6) is 0 Å². The number of piperidine rings is 1. The van der Waals surface area contributed by atoms with Gasteiger partial charge in [-0.1, -0.05) is 12.0 Å². The highest BCUT2D eigenvalue weighted by Gasteiger charge is 2.20. The highest BCUT2D eigenvalue weighted by atomic mass is 16.3. The molecule has 1 N–H and O–H groups in total. The van der Waals surface area contributed by atoms with Gasteiger partial charge < -0.3 is 5.11 Å². The molecular formula is C11H21NO. The van der Waals surface area contributed by atoms with Crippen LogP contribution in [0.3, 0.4) is 0 Å². The molecule has 0 aromatic carbocycles. The molecule has 1 atom stereocenters. The number of nitrogens with zero attached hydrogens (tertiary/aromatic N) is 1. The van der Waals surface area contributed by atoms with Crippen LogP contribution in [-0.2, 0) is 0 Å². The molecule has 0 aliphatic carbocycles. The van der Waals surface area contributed by atoms with E-state index < -0.39 is 0 Å². The van der Waals surface area contributed by atoms with Gasteiger partial charge in [-0.05, 0) is 32.7 Å². The maximum atomic E-state index is 9.16. The van der Waals surface area contributed by atoms with Crippen LogP contribution in [-0.4, -0.2) is 35.7 Å². The van der Waals surface area contributed by atoms with Gasteiger partial charge in [-0.25, -0.2) is 0 Å². The molecule has 0 radical (unpaired) electrons. The third-order valence-electron chi connectivity index (χ3n) is 2.79. The van der Waals surface area contributed by atoms with Crippen molar-refractivity contribution in [2.45, 2.75) is 38.6 Å². The molecule has 2 heteroatoms. The first-order chi connectivity index (χ1) is 6.24. The second-order valence-corrected chi connectivity index (χ2v) is 4.08. The number of likely N-dealkylation sites (tertiary alicyclic amines) is 1. The van der Waals surface area contributed by atoms with Gasteiger partial charge in [0.2, 0.25) is 0 Å². The zero-order valence-electron chi connectivity index (χ0n) is 8.63. The lowest BCUT2D eigenvalue weighted by molar-refractivity contribution is 0.0913. The summed E-state index contributed by atoms with van der Waals surface area (Å²) >= 11 is 0. The summed E-state index contributed by atoms with van der Waals surface area (Å²) in [7, 11) is 0. The van der Waals surface area contributed by atoms with Crippen molar-refractivity contribution in [3.8, 4) is 0 Å². The first-order valence-corrected chi connectivity index (χ1v) is 5.23. The Bertz CT molecular complexity index is 167. The molecule has 1 saturated heterocycles. The summed E-state index contributed by atoms with van der Waals surface area (Å²) < 4.78 is 0. The minimum Gasteiger partial charge on any atom is -0.395 e. The first-order valence-electron chi connectivity index (χ1n) is 5.23. The van der Waals surface area contributed by atoms with E-state index in [9.17, 15) is 0 Å². The summed E-state index contributed by atoms with van der Waals surface area (Å²) in [5.41, 5.74) is 1.24. The molecule has 0 aromatic rings. The molecule has 0 saturated carbocycles. The lowest BCUT2D eigenvalue weighted by Gasteiger charge is -2.34. The molecule has 76 valence electrons. The monoisotopic (exact) mass is 183 g/mol. The predicted molar refractivity (Wildman–Crippen MR) is 55.7 cm³/mol. The van der Waals surface area contributed by atoms with Gasteiger partial charge in [0.15, 0.2) is 0 Å². The Hall–Kier alpha value is -0.340. The van der Waals surface area contributed by atoms with E-state index in [1.54, 1.807) is 0 Å². The lowest BCUT2D eigenvalue weighted by atomic mass is 10.0. The molecule has 1 heterocycles. The molecule has 0 aromatic heterocycles. The first kappa shape index (κ1) is 10.7. The van der Waals surface area contributed by atoms with Crippen molar-refractivity contribution >= 4 is 0 Å². The standard InChI is InChI=1S/C11H21NO/c1-10(2)6-8-12-7-4-3-5-11(12)9-13/h11,13H,1,3-9H2,2H3.